The van der Waals surface area contributed by atoms with E-state index in [2.05, 4.69) is 17.1 Å². The Bertz CT molecular complexity index is 525. The molecule has 0 atom stereocenters. The molecule has 0 unspecified atom stereocenters. The van der Waals surface area contributed by atoms with Crippen molar-refractivity contribution in [1.82, 2.24) is 10.1 Å². The minimum Gasteiger partial charge on any atom is -0.472 e. The predicted octanol–water partition coefficient (Wildman–Crippen LogP) is 2.74. The van der Waals surface area contributed by atoms with E-state index in [0.717, 1.165) is 24.3 Å². The number of furan rings is 1. The van der Waals surface area contributed by atoms with Gasteiger partial charge < -0.3 is 14.7 Å². The number of hydrogen-bond donors (Lipinski definition) is 1. The van der Waals surface area contributed by atoms with E-state index in [1.165, 1.54) is 12.8 Å². The molecule has 1 saturated carbocycles. The average Bonchev–Trinajstić information content (AvgIpc) is 3.11. The number of hydrogen-bond acceptors (Lipinski definition) is 5. The molecule has 19 heavy (non-hydrogen) atoms. The van der Waals surface area contributed by atoms with Crippen LogP contribution >= 0.6 is 0 Å². The lowest BCUT2D eigenvalue weighted by molar-refractivity contribution is 0.191. The lowest BCUT2D eigenvalue weighted by atomic mass is 9.71. The highest BCUT2D eigenvalue weighted by Gasteiger charge is 2.39. The van der Waals surface area contributed by atoms with Gasteiger partial charge in [-0.3, -0.25) is 0 Å². The van der Waals surface area contributed by atoms with Crippen molar-refractivity contribution in [3.8, 4) is 11.4 Å². The van der Waals surface area contributed by atoms with Crippen molar-refractivity contribution in [2.24, 2.45) is 11.7 Å². The van der Waals surface area contributed by atoms with Gasteiger partial charge in [0.15, 0.2) is 0 Å². The van der Waals surface area contributed by atoms with E-state index in [1.807, 2.05) is 6.07 Å². The quantitative estimate of drug-likeness (QED) is 0.919. The third-order valence-electron chi connectivity index (χ3n) is 4.28. The summed E-state index contributed by atoms with van der Waals surface area (Å²) in [6.45, 7) is 2.85. The summed E-state index contributed by atoms with van der Waals surface area (Å²) < 4.78 is 10.5. The summed E-state index contributed by atoms with van der Waals surface area (Å²) in [5.41, 5.74) is 6.70. The summed E-state index contributed by atoms with van der Waals surface area (Å²) in [5.74, 6) is 2.02. The smallest absolute Gasteiger partial charge is 0.234 e. The maximum absolute atomic E-state index is 6.00. The van der Waals surface area contributed by atoms with Crippen LogP contribution in [0, 0.1) is 5.92 Å². The minimum absolute atomic E-state index is 0.137. The summed E-state index contributed by atoms with van der Waals surface area (Å²) in [7, 11) is 0. The third kappa shape index (κ3) is 2.18. The van der Waals surface area contributed by atoms with Crippen molar-refractivity contribution in [3.63, 3.8) is 0 Å². The topological polar surface area (TPSA) is 78.1 Å². The molecule has 1 fully saturated rings. The largest absolute Gasteiger partial charge is 0.472 e. The second-order valence-electron chi connectivity index (χ2n) is 5.60. The van der Waals surface area contributed by atoms with Crippen molar-refractivity contribution >= 4 is 0 Å². The SMILES string of the molecule is CC1CCC(CN)(c2nc(-c3ccoc3)no2)CC1. The first-order valence-electron chi connectivity index (χ1n) is 6.80. The molecule has 0 bridgehead atoms. The Labute approximate surface area is 112 Å². The molecule has 5 heteroatoms. The van der Waals surface area contributed by atoms with Gasteiger partial charge in [-0.25, -0.2) is 0 Å². The van der Waals surface area contributed by atoms with Crippen LogP contribution in [0.3, 0.4) is 0 Å². The Balaban J connectivity index is 1.88. The highest BCUT2D eigenvalue weighted by Crippen LogP contribution is 2.40. The maximum atomic E-state index is 6.00. The van der Waals surface area contributed by atoms with Crippen LogP contribution in [0.25, 0.3) is 11.4 Å². The molecular weight excluding hydrogens is 242 g/mol. The van der Waals surface area contributed by atoms with E-state index in [-0.39, 0.29) is 5.41 Å². The molecule has 2 aromatic heterocycles. The van der Waals surface area contributed by atoms with Gasteiger partial charge >= 0.3 is 0 Å². The van der Waals surface area contributed by atoms with Crippen molar-refractivity contribution in [2.45, 2.75) is 38.0 Å². The van der Waals surface area contributed by atoms with Gasteiger partial charge in [0.2, 0.25) is 11.7 Å². The first-order chi connectivity index (χ1) is 9.23. The van der Waals surface area contributed by atoms with Gasteiger partial charge in [-0.15, -0.1) is 0 Å². The number of aromatic nitrogens is 2. The summed E-state index contributed by atoms with van der Waals surface area (Å²) in [6.07, 6.45) is 7.61. The van der Waals surface area contributed by atoms with E-state index in [1.54, 1.807) is 12.5 Å². The molecule has 0 aliphatic heterocycles. The summed E-state index contributed by atoms with van der Waals surface area (Å²) in [6, 6.07) is 1.83. The van der Waals surface area contributed by atoms with Crippen molar-refractivity contribution in [2.75, 3.05) is 6.54 Å². The standard InChI is InChI=1S/C14H19N3O2/c1-10-2-5-14(9-15,6-3-10)13-16-12(17-19-13)11-4-7-18-8-11/h4,7-8,10H,2-3,5-6,9,15H2,1H3. The molecule has 3 rings (SSSR count). The first kappa shape index (κ1) is 12.4. The monoisotopic (exact) mass is 261 g/mol. The van der Waals surface area contributed by atoms with Gasteiger partial charge in [0.25, 0.3) is 0 Å². The Hall–Kier alpha value is -1.62. The van der Waals surface area contributed by atoms with Crippen LogP contribution in [0.15, 0.2) is 27.5 Å². The second kappa shape index (κ2) is 4.81. The summed E-state index contributed by atoms with van der Waals surface area (Å²) in [5, 5.41) is 4.04. The minimum atomic E-state index is -0.137. The fourth-order valence-corrected chi connectivity index (χ4v) is 2.77. The molecule has 5 nitrogen and oxygen atoms in total. The molecule has 2 aromatic rings. The maximum Gasteiger partial charge on any atom is 0.234 e. The molecule has 2 heterocycles. The van der Waals surface area contributed by atoms with Gasteiger partial charge in [-0.1, -0.05) is 12.1 Å². The normalized spacial score (nSPS) is 27.6. The molecule has 1 aliphatic rings. The molecule has 0 radical (unpaired) electrons. The van der Waals surface area contributed by atoms with Crippen molar-refractivity contribution in [1.29, 1.82) is 0 Å². The number of rotatable bonds is 3. The molecule has 1 aliphatic carbocycles. The molecule has 0 aromatic carbocycles. The number of nitrogens with zero attached hydrogens (tertiary/aromatic N) is 2. The lowest BCUT2D eigenvalue weighted by Gasteiger charge is -2.35. The zero-order chi connectivity index (χ0) is 13.3. The van der Waals surface area contributed by atoms with Gasteiger partial charge in [-0.05, 0) is 37.7 Å². The molecule has 0 amide bonds. The molecule has 0 saturated heterocycles. The van der Waals surface area contributed by atoms with E-state index in [0.29, 0.717) is 18.3 Å². The van der Waals surface area contributed by atoms with Crippen LogP contribution < -0.4 is 5.73 Å². The van der Waals surface area contributed by atoms with Crippen LogP contribution in [0.2, 0.25) is 0 Å². The fraction of sp³-hybridized carbons (Fsp3) is 0.571. The van der Waals surface area contributed by atoms with Crippen LogP contribution in [0.4, 0.5) is 0 Å². The third-order valence-corrected chi connectivity index (χ3v) is 4.28. The van der Waals surface area contributed by atoms with Crippen molar-refractivity contribution in [3.05, 3.63) is 24.5 Å². The molecule has 102 valence electrons. The average molecular weight is 261 g/mol. The van der Waals surface area contributed by atoms with Crippen LogP contribution in [-0.2, 0) is 5.41 Å². The second-order valence-corrected chi connectivity index (χ2v) is 5.60. The van der Waals surface area contributed by atoms with Gasteiger partial charge in [0.1, 0.15) is 6.26 Å². The number of nitrogens with two attached hydrogens (primary N) is 1. The summed E-state index contributed by atoms with van der Waals surface area (Å²) in [4.78, 5) is 4.53. The summed E-state index contributed by atoms with van der Waals surface area (Å²) >= 11 is 0. The van der Waals surface area contributed by atoms with Gasteiger partial charge in [-0.2, -0.15) is 4.98 Å². The first-order valence-corrected chi connectivity index (χ1v) is 6.80. The highest BCUT2D eigenvalue weighted by atomic mass is 16.5. The Kier molecular flexibility index (Phi) is 3.14. The molecule has 0 spiro atoms. The zero-order valence-corrected chi connectivity index (χ0v) is 11.1. The van der Waals surface area contributed by atoms with Crippen LogP contribution in [0.5, 0.6) is 0 Å². The highest BCUT2D eigenvalue weighted by molar-refractivity contribution is 5.51. The van der Waals surface area contributed by atoms with Crippen molar-refractivity contribution < 1.29 is 8.94 Å². The zero-order valence-electron chi connectivity index (χ0n) is 11.1. The Morgan fingerprint density at radius 3 is 2.84 bits per heavy atom. The van der Waals surface area contributed by atoms with Gasteiger partial charge in [0.05, 0.1) is 17.2 Å². The Morgan fingerprint density at radius 1 is 1.42 bits per heavy atom. The molecule has 2 N–H and O–H groups in total. The lowest BCUT2D eigenvalue weighted by Crippen LogP contribution is -2.39. The predicted molar refractivity (Wildman–Crippen MR) is 70.4 cm³/mol. The van der Waals surface area contributed by atoms with E-state index < -0.39 is 0 Å². The van der Waals surface area contributed by atoms with Crippen LogP contribution in [0.1, 0.15) is 38.5 Å². The molecular formula is C14H19N3O2. The van der Waals surface area contributed by atoms with Gasteiger partial charge in [0, 0.05) is 6.54 Å². The Morgan fingerprint density at radius 2 is 2.21 bits per heavy atom. The van der Waals surface area contributed by atoms with Crippen LogP contribution in [-0.4, -0.2) is 16.7 Å². The fourth-order valence-electron chi connectivity index (χ4n) is 2.77. The van der Waals surface area contributed by atoms with E-state index in [4.69, 9.17) is 14.7 Å². The van der Waals surface area contributed by atoms with E-state index >= 15 is 0 Å². The van der Waals surface area contributed by atoms with E-state index in [9.17, 15) is 0 Å².